The highest BCUT2D eigenvalue weighted by Crippen LogP contribution is 2.49. The Balaban J connectivity index is 2.04. The third kappa shape index (κ3) is 4.61. The average Bonchev–Trinajstić information content (AvgIpc) is 3.16. The number of fused-ring (bicyclic) bond motifs is 1. The van der Waals surface area contributed by atoms with Gasteiger partial charge in [-0.2, -0.15) is 13.2 Å². The molecule has 1 heterocycles. The summed E-state index contributed by atoms with van der Waals surface area (Å²) in [4.78, 5) is 16.5. The lowest BCUT2D eigenvalue weighted by Crippen LogP contribution is -2.52. The minimum atomic E-state index is -5.03. The highest BCUT2D eigenvalue weighted by atomic mass is 19.4. The quantitative estimate of drug-likeness (QED) is 0.409. The Labute approximate surface area is 195 Å². The molecule has 1 amide bonds. The summed E-state index contributed by atoms with van der Waals surface area (Å²) >= 11 is 0. The SMILES string of the molecule is CC(c1cc2ccc(C(=O)N(C)C)cc2[nH]1)C(O)(CC(C)(C)c1cc(F)ccc1O)C(F)(F)F. The van der Waals surface area contributed by atoms with Gasteiger partial charge in [0.05, 0.1) is 0 Å². The van der Waals surface area contributed by atoms with Gasteiger partial charge in [0.1, 0.15) is 11.6 Å². The first kappa shape index (κ1) is 25.6. The third-order valence-corrected chi connectivity index (χ3v) is 6.37. The Morgan fingerprint density at radius 2 is 1.74 bits per heavy atom. The molecule has 0 aliphatic rings. The summed E-state index contributed by atoms with van der Waals surface area (Å²) in [6.45, 7) is 4.08. The molecule has 34 heavy (non-hydrogen) atoms. The lowest BCUT2D eigenvalue weighted by Gasteiger charge is -2.41. The number of amides is 1. The van der Waals surface area contributed by atoms with E-state index in [0.717, 1.165) is 18.2 Å². The van der Waals surface area contributed by atoms with Crippen molar-refractivity contribution in [1.82, 2.24) is 9.88 Å². The van der Waals surface area contributed by atoms with Gasteiger partial charge >= 0.3 is 6.18 Å². The summed E-state index contributed by atoms with van der Waals surface area (Å²) in [5, 5.41) is 21.8. The normalized spacial score (nSPS) is 15.2. The van der Waals surface area contributed by atoms with Gasteiger partial charge in [-0.15, -0.1) is 0 Å². The van der Waals surface area contributed by atoms with Gasteiger partial charge in [-0.1, -0.05) is 26.8 Å². The molecule has 3 rings (SSSR count). The van der Waals surface area contributed by atoms with Crippen molar-refractivity contribution in [3.63, 3.8) is 0 Å². The molecule has 0 saturated heterocycles. The zero-order valence-electron chi connectivity index (χ0n) is 19.6. The Morgan fingerprint density at radius 3 is 2.32 bits per heavy atom. The standard InChI is InChI=1S/C25H28F4N2O3/c1-14(19-10-15-6-7-16(11-20(15)30-19)22(33)31(4)5)24(34,25(27,28)29)13-23(2,3)18-12-17(26)8-9-21(18)32/h6-12,14,30,32,34H,13H2,1-5H3. The number of halogens is 4. The number of phenolic OH excluding ortho intramolecular Hbond substituents is 1. The molecule has 0 spiro atoms. The van der Waals surface area contributed by atoms with E-state index < -0.39 is 35.3 Å². The number of aromatic amines is 1. The highest BCUT2D eigenvalue weighted by molar-refractivity contribution is 5.97. The number of hydrogen-bond acceptors (Lipinski definition) is 3. The number of nitrogens with zero attached hydrogens (tertiary/aromatic N) is 1. The second-order valence-corrected chi connectivity index (χ2v) is 9.59. The van der Waals surface area contributed by atoms with Crippen LogP contribution >= 0.6 is 0 Å². The maximum atomic E-state index is 14.3. The van der Waals surface area contributed by atoms with E-state index in [2.05, 4.69) is 4.98 Å². The average molecular weight is 481 g/mol. The summed E-state index contributed by atoms with van der Waals surface area (Å²) < 4.78 is 56.8. The van der Waals surface area contributed by atoms with Crippen molar-refractivity contribution in [1.29, 1.82) is 0 Å². The first-order chi connectivity index (χ1) is 15.6. The Hall–Kier alpha value is -3.07. The van der Waals surface area contributed by atoms with E-state index in [-0.39, 0.29) is 22.9 Å². The van der Waals surface area contributed by atoms with Crippen LogP contribution in [0.15, 0.2) is 42.5 Å². The number of carbonyl (C=O) groups is 1. The molecule has 0 radical (unpaired) electrons. The molecule has 2 unspecified atom stereocenters. The van der Waals surface area contributed by atoms with Crippen molar-refractivity contribution in [3.8, 4) is 5.75 Å². The molecular weight excluding hydrogens is 452 g/mol. The lowest BCUT2D eigenvalue weighted by molar-refractivity contribution is -0.274. The number of benzene rings is 2. The molecule has 3 aromatic rings. The molecule has 0 aliphatic heterocycles. The number of hydrogen-bond donors (Lipinski definition) is 3. The molecule has 0 fully saturated rings. The second-order valence-electron chi connectivity index (χ2n) is 9.59. The van der Waals surface area contributed by atoms with Gasteiger partial charge in [0.2, 0.25) is 0 Å². The van der Waals surface area contributed by atoms with Crippen molar-refractivity contribution in [2.24, 2.45) is 0 Å². The van der Waals surface area contributed by atoms with Crippen LogP contribution in [-0.2, 0) is 5.41 Å². The van der Waals surface area contributed by atoms with Gasteiger partial charge in [-0.3, -0.25) is 4.79 Å². The lowest BCUT2D eigenvalue weighted by atomic mass is 9.70. The highest BCUT2D eigenvalue weighted by Gasteiger charge is 2.59. The van der Waals surface area contributed by atoms with Crippen molar-refractivity contribution in [3.05, 3.63) is 65.1 Å². The second kappa shape index (κ2) is 8.61. The molecular formula is C25H28F4N2O3. The van der Waals surface area contributed by atoms with Crippen LogP contribution in [0.3, 0.4) is 0 Å². The minimum absolute atomic E-state index is 0.0362. The van der Waals surface area contributed by atoms with E-state index in [1.807, 2.05) is 0 Å². The number of phenols is 1. The predicted molar refractivity (Wildman–Crippen MR) is 121 cm³/mol. The molecule has 184 valence electrons. The van der Waals surface area contributed by atoms with Gasteiger partial charge in [-0.05, 0) is 53.6 Å². The van der Waals surface area contributed by atoms with Gasteiger partial charge in [0, 0.05) is 42.4 Å². The predicted octanol–water partition coefficient (Wildman–Crippen LogP) is 5.48. The minimum Gasteiger partial charge on any atom is -0.508 e. The van der Waals surface area contributed by atoms with Crippen LogP contribution < -0.4 is 0 Å². The van der Waals surface area contributed by atoms with Gasteiger partial charge in [0.15, 0.2) is 5.60 Å². The fourth-order valence-electron chi connectivity index (χ4n) is 4.35. The number of nitrogens with one attached hydrogen (secondary N) is 1. The van der Waals surface area contributed by atoms with Crippen LogP contribution in [0.25, 0.3) is 10.9 Å². The largest absolute Gasteiger partial charge is 0.508 e. The number of aliphatic hydroxyl groups is 1. The number of aromatic nitrogens is 1. The maximum absolute atomic E-state index is 14.3. The summed E-state index contributed by atoms with van der Waals surface area (Å²) in [6, 6.07) is 9.32. The first-order valence-corrected chi connectivity index (χ1v) is 10.7. The van der Waals surface area contributed by atoms with Crippen molar-refractivity contribution < 1.29 is 32.6 Å². The van der Waals surface area contributed by atoms with Crippen LogP contribution in [0.5, 0.6) is 5.75 Å². The Bertz CT molecular complexity index is 1220. The van der Waals surface area contributed by atoms with Crippen molar-refractivity contribution >= 4 is 16.8 Å². The van der Waals surface area contributed by atoms with Crippen molar-refractivity contribution in [2.75, 3.05) is 14.1 Å². The molecule has 1 aromatic heterocycles. The third-order valence-electron chi connectivity index (χ3n) is 6.37. The number of carbonyl (C=O) groups excluding carboxylic acids is 1. The monoisotopic (exact) mass is 480 g/mol. The zero-order chi connectivity index (χ0) is 25.6. The Kier molecular flexibility index (Phi) is 6.47. The van der Waals surface area contributed by atoms with Crippen LogP contribution in [0, 0.1) is 5.82 Å². The van der Waals surface area contributed by atoms with Gasteiger partial charge in [0.25, 0.3) is 5.91 Å². The van der Waals surface area contributed by atoms with Crippen LogP contribution in [-0.4, -0.2) is 51.9 Å². The molecule has 2 atom stereocenters. The number of H-pyrrole nitrogens is 1. The van der Waals surface area contributed by atoms with E-state index in [1.54, 1.807) is 32.3 Å². The number of aromatic hydroxyl groups is 1. The van der Waals surface area contributed by atoms with Crippen LogP contribution in [0.2, 0.25) is 0 Å². The topological polar surface area (TPSA) is 76.6 Å². The molecule has 3 N–H and O–H groups in total. The molecule has 0 aliphatic carbocycles. The maximum Gasteiger partial charge on any atom is 0.417 e. The summed E-state index contributed by atoms with van der Waals surface area (Å²) in [5.74, 6) is -2.76. The van der Waals surface area contributed by atoms with E-state index in [0.29, 0.717) is 16.5 Å². The zero-order valence-corrected chi connectivity index (χ0v) is 19.6. The van der Waals surface area contributed by atoms with Gasteiger partial charge in [-0.25, -0.2) is 4.39 Å². The molecule has 9 heteroatoms. The van der Waals surface area contributed by atoms with Crippen LogP contribution in [0.4, 0.5) is 17.6 Å². The number of alkyl halides is 3. The van der Waals surface area contributed by atoms with E-state index >= 15 is 0 Å². The summed E-state index contributed by atoms with van der Waals surface area (Å²) in [7, 11) is 3.19. The van der Waals surface area contributed by atoms with Gasteiger partial charge < -0.3 is 20.1 Å². The molecule has 5 nitrogen and oxygen atoms in total. The van der Waals surface area contributed by atoms with Crippen LogP contribution in [0.1, 0.15) is 54.7 Å². The fourth-order valence-corrected chi connectivity index (χ4v) is 4.35. The van der Waals surface area contributed by atoms with Crippen molar-refractivity contribution in [2.45, 2.75) is 50.3 Å². The molecule has 2 aromatic carbocycles. The molecule has 0 bridgehead atoms. The smallest absolute Gasteiger partial charge is 0.417 e. The van der Waals surface area contributed by atoms with E-state index in [1.165, 1.54) is 31.7 Å². The number of rotatable bonds is 6. The van der Waals surface area contributed by atoms with E-state index in [4.69, 9.17) is 0 Å². The Morgan fingerprint density at radius 1 is 1.09 bits per heavy atom. The fraction of sp³-hybridized carbons (Fsp3) is 0.400. The summed E-state index contributed by atoms with van der Waals surface area (Å²) in [5.41, 5.74) is -3.72. The van der Waals surface area contributed by atoms with E-state index in [9.17, 15) is 32.6 Å². The summed E-state index contributed by atoms with van der Waals surface area (Å²) in [6.07, 6.45) is -5.86. The molecule has 0 saturated carbocycles. The first-order valence-electron chi connectivity index (χ1n) is 10.7.